The fourth-order valence-electron chi connectivity index (χ4n) is 3.54. The van der Waals surface area contributed by atoms with Gasteiger partial charge in [0, 0.05) is 23.2 Å². The highest BCUT2D eigenvalue weighted by Crippen LogP contribution is 2.40. The summed E-state index contributed by atoms with van der Waals surface area (Å²) in [4.78, 5) is 14.4. The number of aromatic amines is 1. The summed E-state index contributed by atoms with van der Waals surface area (Å²) in [5.74, 6) is 0.786. The molecule has 4 rings (SSSR count). The molecule has 6 nitrogen and oxygen atoms in total. The lowest BCUT2D eigenvalue weighted by atomic mass is 9.98. The van der Waals surface area contributed by atoms with Crippen LogP contribution < -0.4 is 9.47 Å². The van der Waals surface area contributed by atoms with E-state index in [-0.39, 0.29) is 24.7 Å². The lowest BCUT2D eigenvalue weighted by molar-refractivity contribution is -0.132. The maximum atomic E-state index is 14.0. The predicted molar refractivity (Wildman–Crippen MR) is 101 cm³/mol. The summed E-state index contributed by atoms with van der Waals surface area (Å²) in [7, 11) is 3.15. The molecule has 144 valence electrons. The molecular weight excluding hydrogens is 361 g/mol. The first kappa shape index (κ1) is 18.0. The van der Waals surface area contributed by atoms with Crippen LogP contribution in [0.15, 0.2) is 42.5 Å². The lowest BCUT2D eigenvalue weighted by Gasteiger charge is -2.27. The molecule has 1 aliphatic rings. The van der Waals surface area contributed by atoms with Crippen molar-refractivity contribution in [3.63, 3.8) is 0 Å². The van der Waals surface area contributed by atoms with Crippen LogP contribution in [0.25, 0.3) is 11.3 Å². The van der Waals surface area contributed by atoms with Gasteiger partial charge in [0.1, 0.15) is 5.82 Å². The third-order valence-corrected chi connectivity index (χ3v) is 4.96. The zero-order valence-electron chi connectivity index (χ0n) is 15.7. The number of rotatable bonds is 5. The number of nitrogens with one attached hydrogen (secondary N) is 1. The molecule has 0 spiro atoms. The molecule has 3 aromatic rings. The van der Waals surface area contributed by atoms with Crippen molar-refractivity contribution < 1.29 is 18.7 Å². The third-order valence-electron chi connectivity index (χ3n) is 4.96. The zero-order chi connectivity index (χ0) is 19.7. The van der Waals surface area contributed by atoms with Crippen LogP contribution in [0.1, 0.15) is 16.8 Å². The zero-order valence-corrected chi connectivity index (χ0v) is 15.7. The summed E-state index contributed by atoms with van der Waals surface area (Å²) in [6.45, 7) is 0.573. The highest BCUT2D eigenvalue weighted by molar-refractivity contribution is 5.85. The van der Waals surface area contributed by atoms with E-state index in [9.17, 15) is 9.18 Å². The topological polar surface area (TPSA) is 67.5 Å². The Hall–Kier alpha value is -3.35. The average molecular weight is 381 g/mol. The van der Waals surface area contributed by atoms with Gasteiger partial charge >= 0.3 is 0 Å². The fourth-order valence-corrected chi connectivity index (χ4v) is 3.54. The molecule has 0 radical (unpaired) electrons. The SMILES string of the molecule is COc1cccc(-c2n[nH]c3c2CC(=O)N(Cc2ccccc2F)C3)c1OC. The molecule has 0 aliphatic carbocycles. The van der Waals surface area contributed by atoms with E-state index < -0.39 is 0 Å². The molecule has 0 unspecified atom stereocenters. The van der Waals surface area contributed by atoms with Gasteiger partial charge in [0.15, 0.2) is 11.5 Å². The molecular formula is C21H20FN3O3. The lowest BCUT2D eigenvalue weighted by Crippen LogP contribution is -2.35. The number of benzene rings is 2. The Morgan fingerprint density at radius 1 is 1.14 bits per heavy atom. The van der Waals surface area contributed by atoms with Crippen molar-refractivity contribution in [2.75, 3.05) is 14.2 Å². The smallest absolute Gasteiger partial charge is 0.227 e. The molecule has 1 aliphatic heterocycles. The Morgan fingerprint density at radius 3 is 2.71 bits per heavy atom. The van der Waals surface area contributed by atoms with Gasteiger partial charge in [0.2, 0.25) is 5.91 Å². The molecule has 28 heavy (non-hydrogen) atoms. The van der Waals surface area contributed by atoms with Gasteiger partial charge in [-0.1, -0.05) is 24.3 Å². The number of aromatic nitrogens is 2. The van der Waals surface area contributed by atoms with Crippen LogP contribution in [-0.4, -0.2) is 35.2 Å². The summed E-state index contributed by atoms with van der Waals surface area (Å²) < 4.78 is 24.8. The number of hydrogen-bond donors (Lipinski definition) is 1. The van der Waals surface area contributed by atoms with Gasteiger partial charge in [0.25, 0.3) is 0 Å². The van der Waals surface area contributed by atoms with Gasteiger partial charge in [-0.05, 0) is 18.2 Å². The second-order valence-electron chi connectivity index (χ2n) is 6.59. The summed E-state index contributed by atoms with van der Waals surface area (Å²) in [5, 5.41) is 7.46. The highest BCUT2D eigenvalue weighted by atomic mass is 19.1. The Bertz CT molecular complexity index is 1030. The van der Waals surface area contributed by atoms with Crippen LogP contribution in [0.4, 0.5) is 4.39 Å². The van der Waals surface area contributed by atoms with Crippen LogP contribution in [0.5, 0.6) is 11.5 Å². The van der Waals surface area contributed by atoms with Crippen LogP contribution in [0, 0.1) is 5.82 Å². The van der Waals surface area contributed by atoms with Crippen molar-refractivity contribution in [3.8, 4) is 22.8 Å². The summed E-state index contributed by atoms with van der Waals surface area (Å²) in [6, 6.07) is 12.0. The molecule has 1 amide bonds. The number of methoxy groups -OCH3 is 2. The van der Waals surface area contributed by atoms with Gasteiger partial charge < -0.3 is 14.4 Å². The van der Waals surface area contributed by atoms with E-state index in [4.69, 9.17) is 9.47 Å². The monoisotopic (exact) mass is 381 g/mol. The van der Waals surface area contributed by atoms with Gasteiger partial charge in [-0.25, -0.2) is 4.39 Å². The molecule has 0 saturated carbocycles. The average Bonchev–Trinajstić information content (AvgIpc) is 3.11. The van der Waals surface area contributed by atoms with E-state index >= 15 is 0 Å². The van der Waals surface area contributed by atoms with Crippen molar-refractivity contribution in [2.45, 2.75) is 19.5 Å². The maximum absolute atomic E-state index is 14.0. The van der Waals surface area contributed by atoms with Crippen LogP contribution in [-0.2, 0) is 24.3 Å². The van der Waals surface area contributed by atoms with E-state index in [2.05, 4.69) is 10.2 Å². The minimum absolute atomic E-state index is 0.0692. The molecule has 2 heterocycles. The van der Waals surface area contributed by atoms with E-state index in [0.717, 1.165) is 16.8 Å². The van der Waals surface area contributed by atoms with Crippen molar-refractivity contribution in [1.29, 1.82) is 0 Å². The van der Waals surface area contributed by atoms with Gasteiger partial charge in [-0.2, -0.15) is 5.10 Å². The molecule has 7 heteroatoms. The van der Waals surface area contributed by atoms with Crippen LogP contribution >= 0.6 is 0 Å². The summed E-state index contributed by atoms with van der Waals surface area (Å²) in [5.41, 5.74) is 3.60. The van der Waals surface area contributed by atoms with Gasteiger partial charge in [-0.3, -0.25) is 9.89 Å². The third kappa shape index (κ3) is 3.09. The predicted octanol–water partition coefficient (Wildman–Crippen LogP) is 3.32. The Balaban J connectivity index is 1.66. The van der Waals surface area contributed by atoms with Crippen molar-refractivity contribution in [3.05, 3.63) is 65.1 Å². The molecule has 0 bridgehead atoms. The number of para-hydroxylation sites is 1. The second-order valence-corrected chi connectivity index (χ2v) is 6.59. The van der Waals surface area contributed by atoms with E-state index in [0.29, 0.717) is 29.3 Å². The molecule has 1 aromatic heterocycles. The number of hydrogen-bond acceptors (Lipinski definition) is 4. The molecule has 2 aromatic carbocycles. The molecule has 0 atom stereocenters. The number of H-pyrrole nitrogens is 1. The van der Waals surface area contributed by atoms with E-state index in [1.165, 1.54) is 6.07 Å². The van der Waals surface area contributed by atoms with Crippen LogP contribution in [0.2, 0.25) is 0 Å². The van der Waals surface area contributed by atoms with Crippen molar-refractivity contribution in [1.82, 2.24) is 15.1 Å². The number of nitrogens with zero attached hydrogens (tertiary/aromatic N) is 2. The fraction of sp³-hybridized carbons (Fsp3) is 0.238. The Kier molecular flexibility index (Phi) is 4.73. The summed E-state index contributed by atoms with van der Waals surface area (Å²) >= 11 is 0. The number of amides is 1. The van der Waals surface area contributed by atoms with Crippen molar-refractivity contribution >= 4 is 5.91 Å². The van der Waals surface area contributed by atoms with E-state index in [1.807, 2.05) is 18.2 Å². The summed E-state index contributed by atoms with van der Waals surface area (Å²) in [6.07, 6.45) is 0.190. The minimum Gasteiger partial charge on any atom is -0.493 e. The first-order chi connectivity index (χ1) is 13.6. The van der Waals surface area contributed by atoms with Gasteiger partial charge in [-0.15, -0.1) is 0 Å². The van der Waals surface area contributed by atoms with Gasteiger partial charge in [0.05, 0.1) is 38.6 Å². The highest BCUT2D eigenvalue weighted by Gasteiger charge is 2.29. The number of ether oxygens (including phenoxy) is 2. The Morgan fingerprint density at radius 2 is 1.96 bits per heavy atom. The largest absolute Gasteiger partial charge is 0.493 e. The number of carbonyl (C=O) groups is 1. The maximum Gasteiger partial charge on any atom is 0.227 e. The van der Waals surface area contributed by atoms with Crippen LogP contribution in [0.3, 0.4) is 0 Å². The van der Waals surface area contributed by atoms with E-state index in [1.54, 1.807) is 37.3 Å². The first-order valence-electron chi connectivity index (χ1n) is 8.91. The molecule has 0 saturated heterocycles. The second kappa shape index (κ2) is 7.34. The number of halogens is 1. The Labute approximate surface area is 161 Å². The first-order valence-corrected chi connectivity index (χ1v) is 8.91. The number of carbonyl (C=O) groups excluding carboxylic acids is 1. The van der Waals surface area contributed by atoms with Crippen molar-refractivity contribution in [2.24, 2.45) is 0 Å². The number of fused-ring (bicyclic) bond motifs is 1. The standard InChI is InChI=1S/C21H20FN3O3/c1-27-18-9-5-7-14(21(18)28-2)20-15-10-19(26)25(12-17(15)23-24-20)11-13-6-3-4-8-16(13)22/h3-9H,10-12H2,1-2H3,(H,23,24). The molecule has 0 fully saturated rings. The minimum atomic E-state index is -0.312. The quantitative estimate of drug-likeness (QED) is 0.736. The normalized spacial score (nSPS) is 13.4. The molecule has 1 N–H and O–H groups in total.